The zero-order valence-electron chi connectivity index (χ0n) is 17.8. The maximum absolute atomic E-state index is 13.3. The molecule has 0 aliphatic heterocycles. The monoisotopic (exact) mass is 453 g/mol. The average molecular weight is 454 g/mol. The molecule has 0 atom stereocenters. The van der Waals surface area contributed by atoms with E-state index in [2.05, 4.69) is 20.9 Å². The van der Waals surface area contributed by atoms with Crippen LogP contribution in [0.15, 0.2) is 58.6 Å². The zero-order valence-corrected chi connectivity index (χ0v) is 18.6. The second-order valence-corrected chi connectivity index (χ2v) is 9.28. The van der Waals surface area contributed by atoms with Gasteiger partial charge in [-0.3, -0.25) is 20.0 Å². The van der Waals surface area contributed by atoms with Gasteiger partial charge >= 0.3 is 0 Å². The minimum absolute atomic E-state index is 0.0829. The molecule has 4 rings (SSSR count). The van der Waals surface area contributed by atoms with Crippen LogP contribution in [-0.2, 0) is 23.4 Å². The summed E-state index contributed by atoms with van der Waals surface area (Å²) in [5, 5.41) is 18.0. The van der Waals surface area contributed by atoms with Crippen molar-refractivity contribution in [1.82, 2.24) is 24.8 Å². The molecule has 11 heteroatoms. The first kappa shape index (κ1) is 21.4. The summed E-state index contributed by atoms with van der Waals surface area (Å²) in [5.41, 5.74) is 5.37. The van der Waals surface area contributed by atoms with Crippen molar-refractivity contribution in [1.29, 1.82) is 5.41 Å². The summed E-state index contributed by atoms with van der Waals surface area (Å²) < 4.78 is 29.7. The molecule has 1 aromatic carbocycles. The van der Waals surface area contributed by atoms with Crippen LogP contribution in [0.4, 0.5) is 0 Å². The molecule has 0 bridgehead atoms. The van der Waals surface area contributed by atoms with Crippen molar-refractivity contribution in [3.63, 3.8) is 0 Å². The summed E-state index contributed by atoms with van der Waals surface area (Å²) in [6.07, 6.45) is 3.27. The van der Waals surface area contributed by atoms with E-state index in [4.69, 9.17) is 5.41 Å². The SMILES string of the molecule is CNn1cc(CNC(=O)c2cc(S(=O)(=O)c3ccc4[nH]ncc4c3)c(C)n2C)ccc1=N. The van der Waals surface area contributed by atoms with E-state index >= 15 is 0 Å². The Morgan fingerprint density at radius 2 is 2.00 bits per heavy atom. The van der Waals surface area contributed by atoms with E-state index in [1.165, 1.54) is 16.8 Å². The van der Waals surface area contributed by atoms with Gasteiger partial charge in [0, 0.05) is 37.9 Å². The fourth-order valence-corrected chi connectivity index (χ4v) is 5.06. The molecule has 0 unspecified atom stereocenters. The molecule has 32 heavy (non-hydrogen) atoms. The van der Waals surface area contributed by atoms with Crippen LogP contribution < -0.4 is 16.2 Å². The Balaban J connectivity index is 1.61. The number of hydrogen-bond donors (Lipinski definition) is 4. The largest absolute Gasteiger partial charge is 0.347 e. The van der Waals surface area contributed by atoms with E-state index in [9.17, 15) is 13.2 Å². The Labute approximate surface area is 184 Å². The molecule has 0 fully saturated rings. The molecular weight excluding hydrogens is 430 g/mol. The molecule has 0 radical (unpaired) electrons. The maximum Gasteiger partial charge on any atom is 0.268 e. The number of sulfone groups is 1. The number of H-pyrrole nitrogens is 1. The molecule has 0 aliphatic rings. The third-order valence-electron chi connectivity index (χ3n) is 5.44. The highest BCUT2D eigenvalue weighted by Gasteiger charge is 2.26. The summed E-state index contributed by atoms with van der Waals surface area (Å²) in [6, 6.07) is 9.52. The standard InChI is InChI=1S/C21H23N7O3S/c1-13-19(32(30,31)16-5-6-17-15(8-16)11-25-26-17)9-18(27(13)3)21(29)24-10-14-4-7-20(22)28(12-14)23-2/h4-9,11-12,22-23H,10H2,1-3H3,(H,24,29)(H,25,26). The molecule has 0 saturated heterocycles. The second kappa shape index (κ2) is 8.00. The highest BCUT2D eigenvalue weighted by atomic mass is 32.2. The second-order valence-electron chi connectivity index (χ2n) is 7.36. The number of amides is 1. The highest BCUT2D eigenvalue weighted by molar-refractivity contribution is 7.91. The topological polar surface area (TPSA) is 138 Å². The van der Waals surface area contributed by atoms with Crippen LogP contribution >= 0.6 is 0 Å². The molecule has 0 spiro atoms. The highest BCUT2D eigenvalue weighted by Crippen LogP contribution is 2.28. The fourth-order valence-electron chi connectivity index (χ4n) is 3.48. The normalized spacial score (nSPS) is 11.6. The molecule has 4 N–H and O–H groups in total. The smallest absolute Gasteiger partial charge is 0.268 e. The number of rotatable bonds is 6. The lowest BCUT2D eigenvalue weighted by atomic mass is 10.2. The third-order valence-corrected chi connectivity index (χ3v) is 7.30. The lowest BCUT2D eigenvalue weighted by Crippen LogP contribution is -2.28. The van der Waals surface area contributed by atoms with E-state index in [1.54, 1.807) is 62.2 Å². The van der Waals surface area contributed by atoms with E-state index < -0.39 is 15.7 Å². The first-order valence-corrected chi connectivity index (χ1v) is 11.3. The summed E-state index contributed by atoms with van der Waals surface area (Å²) in [4.78, 5) is 13.1. The average Bonchev–Trinajstić information content (AvgIpc) is 3.37. The number of aromatic nitrogens is 4. The number of hydrogen-bond acceptors (Lipinski definition) is 6. The van der Waals surface area contributed by atoms with Gasteiger partial charge < -0.3 is 15.3 Å². The van der Waals surface area contributed by atoms with Crippen LogP contribution in [0.25, 0.3) is 10.9 Å². The molecular formula is C21H23N7O3S. The van der Waals surface area contributed by atoms with Gasteiger partial charge in [0.05, 0.1) is 21.5 Å². The first-order chi connectivity index (χ1) is 15.2. The quantitative estimate of drug-likeness (QED) is 0.350. The number of nitrogens with zero attached hydrogens (tertiary/aromatic N) is 3. The summed E-state index contributed by atoms with van der Waals surface area (Å²) in [6.45, 7) is 1.90. The van der Waals surface area contributed by atoms with E-state index in [-0.39, 0.29) is 27.5 Å². The Bertz CT molecular complexity index is 1500. The molecule has 0 aliphatic carbocycles. The van der Waals surface area contributed by atoms with Crippen LogP contribution in [0.3, 0.4) is 0 Å². The van der Waals surface area contributed by atoms with Gasteiger partial charge in [-0.25, -0.2) is 8.42 Å². The van der Waals surface area contributed by atoms with Gasteiger partial charge in [-0.15, -0.1) is 0 Å². The number of aromatic amines is 1. The Hall–Kier alpha value is -3.86. The Morgan fingerprint density at radius 1 is 1.22 bits per heavy atom. The molecule has 166 valence electrons. The number of pyridine rings is 1. The summed E-state index contributed by atoms with van der Waals surface area (Å²) in [5.74, 6) is -0.395. The molecule has 0 saturated carbocycles. The van der Waals surface area contributed by atoms with Crippen molar-refractivity contribution < 1.29 is 13.2 Å². The van der Waals surface area contributed by atoms with Crippen LogP contribution in [0.5, 0.6) is 0 Å². The minimum atomic E-state index is -3.83. The fraction of sp³-hybridized carbons (Fsp3) is 0.190. The van der Waals surface area contributed by atoms with Crippen molar-refractivity contribution in [3.8, 4) is 0 Å². The van der Waals surface area contributed by atoms with E-state index in [1.807, 2.05) is 0 Å². The molecule has 3 heterocycles. The lowest BCUT2D eigenvalue weighted by molar-refractivity contribution is 0.0942. The zero-order chi connectivity index (χ0) is 23.0. The summed E-state index contributed by atoms with van der Waals surface area (Å²) >= 11 is 0. The molecule has 1 amide bonds. The van der Waals surface area contributed by atoms with Crippen molar-refractivity contribution in [3.05, 3.63) is 71.2 Å². The van der Waals surface area contributed by atoms with Crippen molar-refractivity contribution in [2.24, 2.45) is 7.05 Å². The van der Waals surface area contributed by atoms with Gasteiger partial charge in [-0.1, -0.05) is 6.07 Å². The van der Waals surface area contributed by atoms with Crippen LogP contribution in [0.2, 0.25) is 0 Å². The number of carbonyl (C=O) groups is 1. The minimum Gasteiger partial charge on any atom is -0.347 e. The van der Waals surface area contributed by atoms with Gasteiger partial charge in [0.25, 0.3) is 5.91 Å². The predicted octanol–water partition coefficient (Wildman–Crippen LogP) is 1.43. The lowest BCUT2D eigenvalue weighted by Gasteiger charge is -2.10. The van der Waals surface area contributed by atoms with E-state index in [0.717, 1.165) is 11.1 Å². The van der Waals surface area contributed by atoms with Gasteiger partial charge in [0.15, 0.2) is 0 Å². The van der Waals surface area contributed by atoms with Crippen LogP contribution in [0.1, 0.15) is 21.7 Å². The maximum atomic E-state index is 13.3. The number of fused-ring (bicyclic) bond motifs is 1. The van der Waals surface area contributed by atoms with Crippen molar-refractivity contribution in [2.45, 2.75) is 23.3 Å². The molecule has 3 aromatic heterocycles. The first-order valence-electron chi connectivity index (χ1n) is 9.79. The molecule has 4 aromatic rings. The van der Waals surface area contributed by atoms with Crippen LogP contribution in [-0.4, -0.2) is 40.8 Å². The van der Waals surface area contributed by atoms with Gasteiger partial charge in [-0.05, 0) is 42.8 Å². The van der Waals surface area contributed by atoms with Crippen molar-refractivity contribution in [2.75, 3.05) is 12.5 Å². The van der Waals surface area contributed by atoms with Gasteiger partial charge in [0.1, 0.15) is 11.2 Å². The van der Waals surface area contributed by atoms with Gasteiger partial charge in [-0.2, -0.15) is 5.10 Å². The Kier molecular flexibility index (Phi) is 5.35. The summed E-state index contributed by atoms with van der Waals surface area (Å²) in [7, 11) is -0.477. The number of carbonyl (C=O) groups excluding carboxylic acids is 1. The van der Waals surface area contributed by atoms with Crippen LogP contribution in [0, 0.1) is 12.3 Å². The third kappa shape index (κ3) is 3.66. The van der Waals surface area contributed by atoms with Crippen molar-refractivity contribution >= 4 is 26.6 Å². The number of nitrogens with one attached hydrogen (secondary N) is 4. The van der Waals surface area contributed by atoms with E-state index in [0.29, 0.717) is 11.1 Å². The van der Waals surface area contributed by atoms with Gasteiger partial charge in [0.2, 0.25) is 9.84 Å². The predicted molar refractivity (Wildman–Crippen MR) is 118 cm³/mol. The number of benzene rings is 1. The molecule has 10 nitrogen and oxygen atoms in total. The Morgan fingerprint density at radius 3 is 2.75 bits per heavy atom.